The van der Waals surface area contributed by atoms with E-state index in [1.807, 2.05) is 4.68 Å². The average Bonchev–Trinajstić information content (AvgIpc) is 2.75. The molecule has 2 rings (SSSR count). The Labute approximate surface area is 84.5 Å². The predicted molar refractivity (Wildman–Crippen MR) is 54.5 cm³/mol. The summed E-state index contributed by atoms with van der Waals surface area (Å²) in [5.74, 6) is 0.901. The monoisotopic (exact) mass is 194 g/mol. The third kappa shape index (κ3) is 1.80. The van der Waals surface area contributed by atoms with Gasteiger partial charge in [0.2, 0.25) is 0 Å². The van der Waals surface area contributed by atoms with Crippen LogP contribution in [0.4, 0.5) is 0 Å². The summed E-state index contributed by atoms with van der Waals surface area (Å²) in [7, 11) is 0. The van der Waals surface area contributed by atoms with Crippen LogP contribution in [0.25, 0.3) is 0 Å². The molecule has 0 amide bonds. The fraction of sp³-hybridized carbons (Fsp3) is 0.800. The van der Waals surface area contributed by atoms with Gasteiger partial charge in [-0.05, 0) is 18.3 Å². The maximum atomic E-state index is 5.59. The van der Waals surface area contributed by atoms with Crippen molar-refractivity contribution >= 4 is 0 Å². The molecular formula is C10H18N4. The van der Waals surface area contributed by atoms with E-state index in [1.165, 1.54) is 25.7 Å². The normalized spacial score (nSPS) is 20.1. The van der Waals surface area contributed by atoms with Gasteiger partial charge in [0.1, 0.15) is 12.2 Å². The van der Waals surface area contributed by atoms with Gasteiger partial charge in [0.15, 0.2) is 0 Å². The van der Waals surface area contributed by atoms with Gasteiger partial charge in [-0.15, -0.1) is 0 Å². The van der Waals surface area contributed by atoms with Crippen molar-refractivity contribution in [2.24, 2.45) is 11.1 Å². The maximum absolute atomic E-state index is 5.59. The van der Waals surface area contributed by atoms with Crippen molar-refractivity contribution in [1.82, 2.24) is 14.8 Å². The van der Waals surface area contributed by atoms with Crippen molar-refractivity contribution in [3.63, 3.8) is 0 Å². The Kier molecular flexibility index (Phi) is 2.54. The molecule has 78 valence electrons. The zero-order chi connectivity index (χ0) is 10.0. The lowest BCUT2D eigenvalue weighted by molar-refractivity contribution is 0.263. The van der Waals surface area contributed by atoms with Crippen LogP contribution in [0.3, 0.4) is 0 Å². The Morgan fingerprint density at radius 3 is 2.86 bits per heavy atom. The van der Waals surface area contributed by atoms with Crippen LogP contribution in [0, 0.1) is 5.41 Å². The summed E-state index contributed by atoms with van der Waals surface area (Å²) in [6.45, 7) is 3.79. The number of rotatable bonds is 3. The van der Waals surface area contributed by atoms with Crippen molar-refractivity contribution in [2.75, 3.05) is 0 Å². The highest BCUT2D eigenvalue weighted by Gasteiger charge is 2.29. The molecule has 4 heteroatoms. The summed E-state index contributed by atoms with van der Waals surface area (Å²) in [6, 6.07) is 0. The van der Waals surface area contributed by atoms with Crippen LogP contribution in [0.2, 0.25) is 0 Å². The van der Waals surface area contributed by atoms with E-state index >= 15 is 0 Å². The first-order valence-corrected chi connectivity index (χ1v) is 5.30. The molecule has 0 unspecified atom stereocenters. The van der Waals surface area contributed by atoms with Crippen LogP contribution in [-0.2, 0) is 13.1 Å². The highest BCUT2D eigenvalue weighted by atomic mass is 15.3. The molecule has 0 saturated heterocycles. The summed E-state index contributed by atoms with van der Waals surface area (Å²) >= 11 is 0. The molecule has 0 bridgehead atoms. The van der Waals surface area contributed by atoms with Gasteiger partial charge in [-0.3, -0.25) is 0 Å². The van der Waals surface area contributed by atoms with Gasteiger partial charge in [-0.2, -0.15) is 5.10 Å². The van der Waals surface area contributed by atoms with Gasteiger partial charge in [0.25, 0.3) is 0 Å². The first kappa shape index (κ1) is 9.65. The van der Waals surface area contributed by atoms with E-state index in [0.717, 1.165) is 12.4 Å². The van der Waals surface area contributed by atoms with E-state index in [4.69, 9.17) is 5.73 Å². The molecule has 0 atom stereocenters. The van der Waals surface area contributed by atoms with E-state index < -0.39 is 0 Å². The van der Waals surface area contributed by atoms with Crippen LogP contribution in [0.1, 0.15) is 38.4 Å². The van der Waals surface area contributed by atoms with E-state index in [1.54, 1.807) is 6.33 Å². The van der Waals surface area contributed by atoms with Gasteiger partial charge >= 0.3 is 0 Å². The van der Waals surface area contributed by atoms with Gasteiger partial charge in [-0.1, -0.05) is 19.8 Å². The molecule has 0 radical (unpaired) electrons. The summed E-state index contributed by atoms with van der Waals surface area (Å²) in [6.07, 6.45) is 6.90. The molecule has 1 heterocycles. The zero-order valence-electron chi connectivity index (χ0n) is 8.74. The number of nitrogens with zero attached hydrogens (tertiary/aromatic N) is 3. The molecule has 0 spiro atoms. The summed E-state index contributed by atoms with van der Waals surface area (Å²) < 4.78 is 1.96. The minimum Gasteiger partial charge on any atom is -0.324 e. The quantitative estimate of drug-likeness (QED) is 0.789. The molecule has 1 fully saturated rings. The molecule has 0 aliphatic heterocycles. The molecule has 1 aromatic heterocycles. The smallest absolute Gasteiger partial charge is 0.140 e. The SMILES string of the molecule is CC1(Cn2ncnc2CN)CCCC1. The van der Waals surface area contributed by atoms with Crippen LogP contribution < -0.4 is 5.73 Å². The van der Waals surface area contributed by atoms with Crippen molar-refractivity contribution in [2.45, 2.75) is 45.7 Å². The standard InChI is InChI=1S/C10H18N4/c1-10(4-2-3-5-10)7-14-9(6-11)12-8-13-14/h8H,2-7,11H2,1H3. The summed E-state index contributed by atoms with van der Waals surface area (Å²) in [4.78, 5) is 4.13. The van der Waals surface area contributed by atoms with Crippen molar-refractivity contribution in [1.29, 1.82) is 0 Å². The first-order valence-electron chi connectivity index (χ1n) is 5.30. The second-order valence-corrected chi connectivity index (χ2v) is 4.56. The fourth-order valence-corrected chi connectivity index (χ4v) is 2.33. The summed E-state index contributed by atoms with van der Waals surface area (Å²) in [5.41, 5.74) is 6.00. The van der Waals surface area contributed by atoms with Crippen molar-refractivity contribution in [3.05, 3.63) is 12.2 Å². The number of hydrogen-bond donors (Lipinski definition) is 1. The van der Waals surface area contributed by atoms with Crippen LogP contribution in [0.15, 0.2) is 6.33 Å². The molecular weight excluding hydrogens is 176 g/mol. The molecule has 1 aliphatic carbocycles. The molecule has 2 N–H and O–H groups in total. The van der Waals surface area contributed by atoms with E-state index in [-0.39, 0.29) is 0 Å². The van der Waals surface area contributed by atoms with E-state index in [9.17, 15) is 0 Å². The van der Waals surface area contributed by atoms with E-state index in [2.05, 4.69) is 17.0 Å². The van der Waals surface area contributed by atoms with E-state index in [0.29, 0.717) is 12.0 Å². The Bertz CT molecular complexity index is 299. The maximum Gasteiger partial charge on any atom is 0.140 e. The van der Waals surface area contributed by atoms with Gasteiger partial charge in [0.05, 0.1) is 6.54 Å². The van der Waals surface area contributed by atoms with Gasteiger partial charge in [0, 0.05) is 6.54 Å². The third-order valence-corrected chi connectivity index (χ3v) is 3.22. The Morgan fingerprint density at radius 1 is 1.50 bits per heavy atom. The van der Waals surface area contributed by atoms with Crippen molar-refractivity contribution in [3.8, 4) is 0 Å². The molecule has 1 aliphatic rings. The molecule has 1 aromatic rings. The fourth-order valence-electron chi connectivity index (χ4n) is 2.33. The first-order chi connectivity index (χ1) is 6.73. The number of nitrogens with two attached hydrogens (primary N) is 1. The molecule has 4 nitrogen and oxygen atoms in total. The van der Waals surface area contributed by atoms with Crippen molar-refractivity contribution < 1.29 is 0 Å². The topological polar surface area (TPSA) is 56.7 Å². The van der Waals surface area contributed by atoms with Crippen LogP contribution in [-0.4, -0.2) is 14.8 Å². The Morgan fingerprint density at radius 2 is 2.21 bits per heavy atom. The Balaban J connectivity index is 2.09. The Hall–Kier alpha value is -0.900. The average molecular weight is 194 g/mol. The summed E-state index contributed by atoms with van der Waals surface area (Å²) in [5, 5.41) is 4.22. The van der Waals surface area contributed by atoms with Crippen LogP contribution in [0.5, 0.6) is 0 Å². The minimum atomic E-state index is 0.414. The molecule has 0 aromatic carbocycles. The lowest BCUT2D eigenvalue weighted by Gasteiger charge is -2.23. The lowest BCUT2D eigenvalue weighted by atomic mass is 9.89. The highest BCUT2D eigenvalue weighted by molar-refractivity contribution is 4.87. The highest BCUT2D eigenvalue weighted by Crippen LogP contribution is 2.38. The third-order valence-electron chi connectivity index (χ3n) is 3.22. The molecule has 1 saturated carbocycles. The minimum absolute atomic E-state index is 0.414. The predicted octanol–water partition coefficient (Wildman–Crippen LogP) is 1.32. The number of hydrogen-bond acceptors (Lipinski definition) is 3. The second-order valence-electron chi connectivity index (χ2n) is 4.56. The lowest BCUT2D eigenvalue weighted by Crippen LogP contribution is -2.22. The van der Waals surface area contributed by atoms with Gasteiger partial charge in [-0.25, -0.2) is 9.67 Å². The largest absolute Gasteiger partial charge is 0.324 e. The van der Waals surface area contributed by atoms with Crippen LogP contribution >= 0.6 is 0 Å². The molecule has 14 heavy (non-hydrogen) atoms. The second kappa shape index (κ2) is 3.69. The zero-order valence-corrected chi connectivity index (χ0v) is 8.74. The van der Waals surface area contributed by atoms with Gasteiger partial charge < -0.3 is 5.73 Å². The number of aromatic nitrogens is 3.